The van der Waals surface area contributed by atoms with Crippen LogP contribution in [0.3, 0.4) is 0 Å². The van der Waals surface area contributed by atoms with E-state index in [-0.39, 0.29) is 30.6 Å². The van der Waals surface area contributed by atoms with Crippen LogP contribution in [0.4, 0.5) is 23.2 Å². The van der Waals surface area contributed by atoms with Crippen LogP contribution in [0.15, 0.2) is 29.3 Å². The Morgan fingerprint density at radius 3 is 2.47 bits per heavy atom. The lowest BCUT2D eigenvalue weighted by molar-refractivity contribution is -0.212. The minimum absolute atomic E-state index is 0.190. The summed E-state index contributed by atoms with van der Waals surface area (Å²) in [4.78, 5) is 12.2. The van der Waals surface area contributed by atoms with E-state index in [4.69, 9.17) is 16.4 Å². The highest BCUT2D eigenvalue weighted by atomic mass is 35.5. The third-order valence-corrected chi connectivity index (χ3v) is 7.22. The lowest BCUT2D eigenvalue weighted by Gasteiger charge is -2.43. The number of nitrogens with zero attached hydrogens (tertiary/aromatic N) is 1. The number of halogens is 5. The van der Waals surface area contributed by atoms with Crippen molar-refractivity contribution in [3.63, 3.8) is 0 Å². The van der Waals surface area contributed by atoms with Crippen molar-refractivity contribution in [3.05, 3.63) is 46.5 Å². The number of rotatable bonds is 5. The number of nitrogens with one attached hydrogen (secondary N) is 3. The zero-order chi connectivity index (χ0) is 22.5. The average Bonchev–Trinajstić information content (AvgIpc) is 2.89. The molecule has 1 unspecified atom stereocenters. The largest absolute Gasteiger partial charge is 0.407 e. The molecule has 0 bridgehead atoms. The summed E-state index contributed by atoms with van der Waals surface area (Å²) in [6.07, 6.45) is -3.90. The van der Waals surface area contributed by atoms with Crippen molar-refractivity contribution in [1.29, 1.82) is 4.78 Å². The molecule has 1 fully saturated rings. The van der Waals surface area contributed by atoms with Crippen LogP contribution >= 0.6 is 11.6 Å². The minimum Gasteiger partial charge on any atom is -0.344 e. The molecule has 0 saturated heterocycles. The molecule has 2 aromatic rings. The second-order valence-electron chi connectivity index (χ2n) is 7.28. The van der Waals surface area contributed by atoms with E-state index in [0.717, 1.165) is 6.20 Å². The molecule has 1 saturated carbocycles. The third-order valence-electron chi connectivity index (χ3n) is 5.12. The molecule has 0 radical (unpaired) electrons. The maximum absolute atomic E-state index is 13.4. The van der Waals surface area contributed by atoms with Gasteiger partial charge >= 0.3 is 6.18 Å². The van der Waals surface area contributed by atoms with Crippen molar-refractivity contribution in [1.82, 2.24) is 9.29 Å². The predicted octanol–water partition coefficient (Wildman–Crippen LogP) is 4.77. The smallest absolute Gasteiger partial charge is 0.344 e. The first-order chi connectivity index (χ1) is 13.8. The van der Waals surface area contributed by atoms with E-state index >= 15 is 0 Å². The highest BCUT2D eigenvalue weighted by molar-refractivity contribution is 7.90. The monoisotopic (exact) mass is 466 g/mol. The summed E-state index contributed by atoms with van der Waals surface area (Å²) in [5, 5.41) is 2.11. The fourth-order valence-electron chi connectivity index (χ4n) is 3.25. The zero-order valence-corrected chi connectivity index (χ0v) is 17.6. The number of carbonyl (C=O) groups is 1. The number of alkyl halides is 3. The van der Waals surface area contributed by atoms with Gasteiger partial charge in [-0.3, -0.25) is 4.79 Å². The Morgan fingerprint density at radius 1 is 1.33 bits per heavy atom. The second-order valence-corrected chi connectivity index (χ2v) is 9.41. The summed E-state index contributed by atoms with van der Waals surface area (Å²) < 4.78 is 77.7. The first kappa shape index (κ1) is 22.6. The maximum atomic E-state index is 13.4. The molecule has 1 aliphatic rings. The number of aryl methyl sites for hydroxylation is 2. The predicted molar refractivity (Wildman–Crippen MR) is 104 cm³/mol. The molecular weight excluding hydrogens is 448 g/mol. The highest BCUT2D eigenvalue weighted by Crippen LogP contribution is 2.46. The summed E-state index contributed by atoms with van der Waals surface area (Å²) >= 11 is 6.17. The summed E-state index contributed by atoms with van der Waals surface area (Å²) in [5.74, 6) is -1.20. The van der Waals surface area contributed by atoms with E-state index in [9.17, 15) is 26.6 Å². The first-order valence-electron chi connectivity index (χ1n) is 8.84. The van der Waals surface area contributed by atoms with Gasteiger partial charge in [0.25, 0.3) is 5.91 Å². The lowest BCUT2D eigenvalue weighted by Crippen LogP contribution is -2.62. The van der Waals surface area contributed by atoms with Crippen molar-refractivity contribution >= 4 is 33.1 Å². The fraction of sp³-hybridized carbons (Fsp3) is 0.389. The Morgan fingerprint density at radius 2 is 1.97 bits per heavy atom. The second kappa shape index (κ2) is 7.54. The molecule has 30 heavy (non-hydrogen) atoms. The first-order valence-corrected chi connectivity index (χ1v) is 10.8. The van der Waals surface area contributed by atoms with Crippen LogP contribution in [-0.2, 0) is 17.0 Å². The van der Waals surface area contributed by atoms with Crippen molar-refractivity contribution in [2.45, 2.75) is 42.8 Å². The molecule has 0 spiro atoms. The molecule has 1 aromatic carbocycles. The third kappa shape index (κ3) is 3.93. The summed E-state index contributed by atoms with van der Waals surface area (Å²) in [6, 6.07) is 3.89. The van der Waals surface area contributed by atoms with Gasteiger partial charge in [0.2, 0.25) is 0 Å². The lowest BCUT2D eigenvalue weighted by atomic mass is 9.77. The SMILES string of the molecule is Cc1cc(NC(=O)c2c(Cl)c(S(=N)(=O)NC3(C(F)(F)F)CCC3)cn2C)ccc1F. The molecule has 6 nitrogen and oxygen atoms in total. The van der Waals surface area contributed by atoms with Crippen molar-refractivity contribution < 1.29 is 26.6 Å². The number of benzene rings is 1. The molecule has 1 amide bonds. The Balaban J connectivity index is 1.91. The molecule has 1 aromatic heterocycles. The van der Waals surface area contributed by atoms with Crippen molar-refractivity contribution in [3.8, 4) is 0 Å². The van der Waals surface area contributed by atoms with Gasteiger partial charge in [0.15, 0.2) is 0 Å². The van der Waals surface area contributed by atoms with E-state index in [1.54, 1.807) is 0 Å². The normalized spacial score (nSPS) is 17.8. The van der Waals surface area contributed by atoms with Gasteiger partial charge in [-0.15, -0.1) is 0 Å². The van der Waals surface area contributed by atoms with E-state index in [0.29, 0.717) is 5.56 Å². The van der Waals surface area contributed by atoms with E-state index in [1.807, 2.05) is 4.72 Å². The average molecular weight is 467 g/mol. The van der Waals surface area contributed by atoms with Crippen LogP contribution in [0, 0.1) is 17.5 Å². The van der Waals surface area contributed by atoms with Crippen molar-refractivity contribution in [2.75, 3.05) is 5.32 Å². The number of hydrogen-bond acceptors (Lipinski definition) is 3. The number of amides is 1. The standard InChI is InChI=1S/C18H19ClF4N4O2S/c1-10-8-11(4-5-12(10)20)25-16(28)15-14(19)13(9-27(15)2)30(24,29)26-17(6-3-7-17)18(21,22)23/h4-5,8-9H,3,6-7H2,1-2H3,(H,25,28)(H2,24,26,29). The van der Waals surface area contributed by atoms with Gasteiger partial charge in [0, 0.05) is 18.9 Å². The maximum Gasteiger partial charge on any atom is 0.407 e. The number of hydrogen-bond donors (Lipinski definition) is 3. The quantitative estimate of drug-likeness (QED) is 0.554. The molecule has 12 heteroatoms. The number of aromatic nitrogens is 1. The Hall–Kier alpha value is -2.11. The summed E-state index contributed by atoms with van der Waals surface area (Å²) in [7, 11) is -2.78. The Kier molecular flexibility index (Phi) is 5.67. The van der Waals surface area contributed by atoms with Gasteiger partial charge in [0.1, 0.15) is 27.0 Å². The summed E-state index contributed by atoms with van der Waals surface area (Å²) in [5.41, 5.74) is -2.04. The van der Waals surface area contributed by atoms with Crippen molar-refractivity contribution in [2.24, 2.45) is 7.05 Å². The molecule has 1 heterocycles. The fourth-order valence-corrected chi connectivity index (χ4v) is 5.48. The molecular formula is C18H19ClF4N4O2S. The van der Waals surface area contributed by atoms with Gasteiger partial charge in [-0.1, -0.05) is 11.6 Å². The van der Waals surface area contributed by atoms with Crippen LogP contribution in [0.1, 0.15) is 35.3 Å². The molecule has 3 rings (SSSR count). The molecule has 0 aliphatic heterocycles. The van der Waals surface area contributed by atoms with E-state index in [1.165, 1.54) is 36.7 Å². The van der Waals surface area contributed by atoms with Gasteiger partial charge < -0.3 is 9.88 Å². The minimum atomic E-state index is -4.68. The van der Waals surface area contributed by atoms with Crippen LogP contribution < -0.4 is 10.0 Å². The number of carbonyl (C=O) groups excluding carboxylic acids is 1. The van der Waals surface area contributed by atoms with Gasteiger partial charge in [-0.25, -0.2) is 18.1 Å². The zero-order valence-electron chi connectivity index (χ0n) is 16.0. The molecule has 1 aliphatic carbocycles. The molecule has 3 N–H and O–H groups in total. The van der Waals surface area contributed by atoms with Gasteiger partial charge in [-0.2, -0.15) is 13.2 Å². The van der Waals surface area contributed by atoms with E-state index < -0.39 is 43.3 Å². The van der Waals surface area contributed by atoms with Gasteiger partial charge in [-0.05, 0) is 49.9 Å². The highest BCUT2D eigenvalue weighted by Gasteiger charge is 2.59. The van der Waals surface area contributed by atoms with Gasteiger partial charge in [0.05, 0.1) is 9.92 Å². The van der Waals surface area contributed by atoms with Crippen LogP contribution in [0.5, 0.6) is 0 Å². The summed E-state index contributed by atoms with van der Waals surface area (Å²) in [6.45, 7) is 1.51. The van der Waals surface area contributed by atoms with E-state index in [2.05, 4.69) is 5.32 Å². The van der Waals surface area contributed by atoms with Crippen LogP contribution in [-0.4, -0.2) is 26.4 Å². The van der Waals surface area contributed by atoms with Crippen LogP contribution in [0.2, 0.25) is 5.02 Å². The van der Waals surface area contributed by atoms with Crippen LogP contribution in [0.25, 0.3) is 0 Å². The molecule has 164 valence electrons. The topological polar surface area (TPSA) is 87.0 Å². The Bertz CT molecular complexity index is 1110. The molecule has 1 atom stereocenters. The Labute approximate surface area is 175 Å². The number of anilines is 1.